The number of rotatable bonds is 6. The van der Waals surface area contributed by atoms with E-state index in [1.54, 1.807) is 6.92 Å². The van der Waals surface area contributed by atoms with Gasteiger partial charge in [-0.3, -0.25) is 9.36 Å². The lowest BCUT2D eigenvalue weighted by Gasteiger charge is -2.21. The Balaban J connectivity index is 1.79. The number of carboxylic acids is 1. The third-order valence-corrected chi connectivity index (χ3v) is 8.46. The van der Waals surface area contributed by atoms with Crippen molar-refractivity contribution >= 4 is 45.0 Å². The van der Waals surface area contributed by atoms with E-state index in [2.05, 4.69) is 26.1 Å². The number of thiophene rings is 1. The van der Waals surface area contributed by atoms with Crippen LogP contribution in [0.4, 0.5) is 0 Å². The van der Waals surface area contributed by atoms with E-state index in [0.717, 1.165) is 12.3 Å². The van der Waals surface area contributed by atoms with Crippen molar-refractivity contribution in [1.29, 1.82) is 0 Å². The second kappa shape index (κ2) is 6.39. The Morgan fingerprint density at radius 1 is 1.40 bits per heavy atom. The number of fused-ring (bicyclic) bond motifs is 1. The van der Waals surface area contributed by atoms with Crippen LogP contribution in [0.25, 0.3) is 5.00 Å². The van der Waals surface area contributed by atoms with E-state index in [-0.39, 0.29) is 0 Å². The molecule has 0 bridgehead atoms. The molecule has 4 rings (SSSR count). The molecule has 0 aromatic carbocycles. The van der Waals surface area contributed by atoms with Crippen LogP contribution < -0.4 is 0 Å². The van der Waals surface area contributed by atoms with Crippen LogP contribution in [-0.4, -0.2) is 30.6 Å². The average molecular weight is 442 g/mol. The molecule has 0 amide bonds. The molecule has 0 spiro atoms. The monoisotopic (exact) mass is 441 g/mol. The Morgan fingerprint density at radius 3 is 2.76 bits per heavy atom. The van der Waals surface area contributed by atoms with Gasteiger partial charge >= 0.3 is 5.97 Å². The first kappa shape index (κ1) is 17.5. The lowest BCUT2D eigenvalue weighted by atomic mass is 10.1. The maximum absolute atomic E-state index is 11.7. The summed E-state index contributed by atoms with van der Waals surface area (Å²) in [5.74, 6) is -0.0855. The van der Waals surface area contributed by atoms with E-state index in [9.17, 15) is 9.90 Å². The normalized spacial score (nSPS) is 19.0. The van der Waals surface area contributed by atoms with Crippen LogP contribution in [0.3, 0.4) is 0 Å². The number of thioether (sulfide) groups is 1. The highest BCUT2D eigenvalue weighted by Crippen LogP contribution is 2.51. The Hall–Kier alpha value is -0.860. The number of halogens is 1. The van der Waals surface area contributed by atoms with Gasteiger partial charge in [-0.2, -0.15) is 0 Å². The molecule has 5 nitrogen and oxygen atoms in total. The van der Waals surface area contributed by atoms with E-state index in [0.29, 0.717) is 16.3 Å². The fourth-order valence-corrected chi connectivity index (χ4v) is 6.57. The summed E-state index contributed by atoms with van der Waals surface area (Å²) in [4.78, 5) is 13.3. The van der Waals surface area contributed by atoms with Crippen LogP contribution in [0.15, 0.2) is 9.89 Å². The van der Waals surface area contributed by atoms with Crippen LogP contribution in [0.2, 0.25) is 0 Å². The molecule has 25 heavy (non-hydrogen) atoms. The van der Waals surface area contributed by atoms with Gasteiger partial charge in [-0.05, 0) is 78.4 Å². The van der Waals surface area contributed by atoms with E-state index in [1.165, 1.54) is 58.5 Å². The Bertz CT molecular complexity index is 843. The lowest BCUT2D eigenvalue weighted by Crippen LogP contribution is -2.30. The third kappa shape index (κ3) is 2.96. The van der Waals surface area contributed by atoms with Crippen LogP contribution in [0, 0.1) is 0 Å². The predicted molar refractivity (Wildman–Crippen MR) is 103 cm³/mol. The number of carboxylic acid groups (broad SMARTS) is 1. The van der Waals surface area contributed by atoms with Gasteiger partial charge in [0.05, 0.1) is 0 Å². The van der Waals surface area contributed by atoms with Crippen molar-refractivity contribution in [3.8, 4) is 5.00 Å². The summed E-state index contributed by atoms with van der Waals surface area (Å²) >= 11 is 6.67. The highest BCUT2D eigenvalue weighted by molar-refractivity contribution is 9.10. The topological polar surface area (TPSA) is 68.0 Å². The van der Waals surface area contributed by atoms with Crippen molar-refractivity contribution < 1.29 is 9.90 Å². The Labute approximate surface area is 163 Å². The van der Waals surface area contributed by atoms with Gasteiger partial charge < -0.3 is 5.11 Å². The fourth-order valence-electron chi connectivity index (χ4n) is 3.29. The van der Waals surface area contributed by atoms with Crippen LogP contribution in [0.1, 0.15) is 61.5 Å². The number of aromatic nitrogens is 3. The van der Waals surface area contributed by atoms with Crippen LogP contribution >= 0.6 is 39.0 Å². The van der Waals surface area contributed by atoms with Crippen molar-refractivity contribution in [2.45, 2.75) is 68.2 Å². The highest BCUT2D eigenvalue weighted by atomic mass is 79.9. The molecule has 0 saturated heterocycles. The number of carbonyl (C=O) groups is 1. The van der Waals surface area contributed by atoms with Crippen molar-refractivity contribution in [2.75, 3.05) is 0 Å². The zero-order chi connectivity index (χ0) is 17.8. The maximum Gasteiger partial charge on any atom is 0.319 e. The molecule has 0 radical (unpaired) electrons. The number of hydrogen-bond donors (Lipinski definition) is 1. The van der Waals surface area contributed by atoms with Gasteiger partial charge in [-0.25, -0.2) is 0 Å². The molecule has 1 N–H and O–H groups in total. The summed E-state index contributed by atoms with van der Waals surface area (Å²) < 4.78 is 1.75. The molecule has 134 valence electrons. The van der Waals surface area contributed by atoms with E-state index < -0.39 is 10.7 Å². The number of nitrogens with zero attached hydrogens (tertiary/aromatic N) is 3. The summed E-state index contributed by atoms with van der Waals surface area (Å²) in [6, 6.07) is 0. The summed E-state index contributed by atoms with van der Waals surface area (Å²) in [7, 11) is 0. The van der Waals surface area contributed by atoms with Gasteiger partial charge in [-0.15, -0.1) is 21.5 Å². The molecular weight excluding hydrogens is 422 g/mol. The molecule has 1 unspecified atom stereocenters. The summed E-state index contributed by atoms with van der Waals surface area (Å²) in [6.07, 6.45) is 6.57. The van der Waals surface area contributed by atoms with Crippen molar-refractivity contribution in [3.63, 3.8) is 0 Å². The minimum absolute atomic E-state index is 0.521. The molecule has 2 heterocycles. The largest absolute Gasteiger partial charge is 0.480 e. The Kier molecular flexibility index (Phi) is 4.48. The molecule has 1 atom stereocenters. The van der Waals surface area contributed by atoms with Gasteiger partial charge in [0.2, 0.25) is 4.73 Å². The molecule has 2 aromatic heterocycles. The average Bonchev–Trinajstić information content (AvgIpc) is 3.04. The zero-order valence-corrected chi connectivity index (χ0v) is 17.4. The van der Waals surface area contributed by atoms with Crippen molar-refractivity contribution in [3.05, 3.63) is 20.7 Å². The van der Waals surface area contributed by atoms with Crippen molar-refractivity contribution in [2.24, 2.45) is 0 Å². The van der Waals surface area contributed by atoms with E-state index in [4.69, 9.17) is 0 Å². The fraction of sp³-hybridized carbons (Fsp3) is 0.588. The van der Waals surface area contributed by atoms with Gasteiger partial charge in [0.1, 0.15) is 9.75 Å². The Morgan fingerprint density at radius 2 is 2.12 bits per heavy atom. The standard InChI is InChI=1S/C17H20BrN3O2S2/c1-3-17(2,14(22)23)25-16-20-19-15(18)21(16)13-11-6-4-5-10(11)12(24-13)9-7-8-9/h9H,3-8H2,1-2H3,(H,22,23). The van der Waals surface area contributed by atoms with E-state index in [1.807, 2.05) is 22.8 Å². The molecule has 1 saturated carbocycles. The number of hydrogen-bond acceptors (Lipinski definition) is 5. The maximum atomic E-state index is 11.7. The van der Waals surface area contributed by atoms with Gasteiger partial charge in [-0.1, -0.05) is 18.7 Å². The smallest absolute Gasteiger partial charge is 0.319 e. The van der Waals surface area contributed by atoms with Crippen molar-refractivity contribution in [1.82, 2.24) is 14.8 Å². The third-order valence-electron chi connectivity index (χ3n) is 5.17. The predicted octanol–water partition coefficient (Wildman–Crippen LogP) is 4.80. The summed E-state index contributed by atoms with van der Waals surface area (Å²) in [6.45, 7) is 3.65. The second-order valence-electron chi connectivity index (χ2n) is 6.94. The number of aliphatic carboxylic acids is 1. The second-order valence-corrected chi connectivity index (χ2v) is 10.1. The molecular formula is C17H20BrN3O2S2. The zero-order valence-electron chi connectivity index (χ0n) is 14.2. The minimum Gasteiger partial charge on any atom is -0.480 e. The minimum atomic E-state index is -0.913. The van der Waals surface area contributed by atoms with Crippen LogP contribution in [0.5, 0.6) is 0 Å². The first-order valence-corrected chi connectivity index (χ1v) is 11.1. The van der Waals surface area contributed by atoms with Gasteiger partial charge in [0.25, 0.3) is 0 Å². The molecule has 2 aliphatic rings. The quantitative estimate of drug-likeness (QED) is 0.651. The van der Waals surface area contributed by atoms with Crippen LogP contribution in [-0.2, 0) is 17.6 Å². The SMILES string of the molecule is CCC(C)(Sc1nnc(Br)n1-c1sc(C2CC2)c2c1CCC2)C(=O)O. The lowest BCUT2D eigenvalue weighted by molar-refractivity contribution is -0.139. The summed E-state index contributed by atoms with van der Waals surface area (Å²) in [5.41, 5.74) is 2.96. The molecule has 8 heteroatoms. The molecule has 1 fully saturated rings. The molecule has 2 aliphatic carbocycles. The van der Waals surface area contributed by atoms with Gasteiger partial charge in [0.15, 0.2) is 5.16 Å². The van der Waals surface area contributed by atoms with E-state index >= 15 is 0 Å². The first-order valence-electron chi connectivity index (χ1n) is 8.62. The van der Waals surface area contributed by atoms with Gasteiger partial charge in [0, 0.05) is 4.88 Å². The first-order chi connectivity index (χ1) is 11.9. The molecule has 2 aromatic rings. The molecule has 0 aliphatic heterocycles. The summed E-state index contributed by atoms with van der Waals surface area (Å²) in [5, 5.41) is 19.9. The highest BCUT2D eigenvalue weighted by Gasteiger charge is 2.37.